The number of aromatic nitrogens is 5. The van der Waals surface area contributed by atoms with Gasteiger partial charge in [0.15, 0.2) is 5.65 Å². The van der Waals surface area contributed by atoms with Crippen LogP contribution in [0.2, 0.25) is 5.02 Å². The number of hydrogen-bond donors (Lipinski definition) is 2. The second-order valence-electron chi connectivity index (χ2n) is 6.02. The fourth-order valence-corrected chi connectivity index (χ4v) is 2.96. The standard InChI is InChI=1S/C18H14ClN5O3/c1-9-3-4-11(5-12(9)17(25)26)27-18-21-14-6-13(19)15(22-16(14)23-18)10-7-20-24(2)8-10/h3-8H,1-2H3,(H,25,26)(H,21,22,23). The molecular weight excluding hydrogens is 370 g/mol. The van der Waals surface area contributed by atoms with E-state index in [0.717, 1.165) is 5.56 Å². The Morgan fingerprint density at radius 1 is 1.30 bits per heavy atom. The minimum atomic E-state index is -1.02. The van der Waals surface area contributed by atoms with Crippen molar-refractivity contribution in [3.05, 3.63) is 52.8 Å². The lowest BCUT2D eigenvalue weighted by Gasteiger charge is -2.05. The number of pyridine rings is 1. The number of aryl methyl sites for hydroxylation is 2. The Labute approximate surface area is 158 Å². The second-order valence-corrected chi connectivity index (χ2v) is 6.43. The maximum atomic E-state index is 11.3. The van der Waals surface area contributed by atoms with Crippen LogP contribution in [0.1, 0.15) is 15.9 Å². The summed E-state index contributed by atoms with van der Waals surface area (Å²) in [6.07, 6.45) is 3.48. The van der Waals surface area contributed by atoms with Gasteiger partial charge in [-0.3, -0.25) is 4.68 Å². The van der Waals surface area contributed by atoms with Crippen LogP contribution in [-0.4, -0.2) is 35.8 Å². The first kappa shape index (κ1) is 17.0. The molecule has 0 amide bonds. The van der Waals surface area contributed by atoms with Crippen LogP contribution in [0.15, 0.2) is 36.7 Å². The highest BCUT2D eigenvalue weighted by Crippen LogP contribution is 2.30. The normalized spacial score (nSPS) is 11.1. The number of aromatic amines is 1. The molecular formula is C18H14ClN5O3. The maximum Gasteiger partial charge on any atom is 0.336 e. The summed E-state index contributed by atoms with van der Waals surface area (Å²) >= 11 is 6.34. The van der Waals surface area contributed by atoms with Crippen LogP contribution in [0.4, 0.5) is 0 Å². The van der Waals surface area contributed by atoms with Crippen molar-refractivity contribution in [2.75, 3.05) is 0 Å². The largest absolute Gasteiger partial charge is 0.478 e. The Morgan fingerprint density at radius 3 is 2.81 bits per heavy atom. The summed E-state index contributed by atoms with van der Waals surface area (Å²) in [6.45, 7) is 1.72. The highest BCUT2D eigenvalue weighted by atomic mass is 35.5. The van der Waals surface area contributed by atoms with Gasteiger partial charge in [0.25, 0.3) is 0 Å². The first-order valence-corrected chi connectivity index (χ1v) is 8.35. The van der Waals surface area contributed by atoms with Gasteiger partial charge in [-0.2, -0.15) is 10.1 Å². The number of imidazole rings is 1. The molecule has 8 nitrogen and oxygen atoms in total. The van der Waals surface area contributed by atoms with Gasteiger partial charge in [-0.05, 0) is 30.7 Å². The Kier molecular flexibility index (Phi) is 4.04. The summed E-state index contributed by atoms with van der Waals surface area (Å²) in [5, 5.41) is 13.8. The molecule has 3 aromatic heterocycles. The molecule has 27 heavy (non-hydrogen) atoms. The number of fused-ring (bicyclic) bond motifs is 1. The zero-order valence-electron chi connectivity index (χ0n) is 14.4. The van der Waals surface area contributed by atoms with Crippen LogP contribution < -0.4 is 4.74 Å². The molecule has 0 spiro atoms. The van der Waals surface area contributed by atoms with Gasteiger partial charge in [-0.1, -0.05) is 17.7 Å². The minimum Gasteiger partial charge on any atom is -0.478 e. The molecule has 1 aromatic carbocycles. The van der Waals surface area contributed by atoms with Crippen LogP contribution >= 0.6 is 11.6 Å². The number of nitrogens with one attached hydrogen (secondary N) is 1. The van der Waals surface area contributed by atoms with Gasteiger partial charge in [0.05, 0.1) is 28.0 Å². The number of carbonyl (C=O) groups is 1. The second kappa shape index (κ2) is 6.40. The smallest absolute Gasteiger partial charge is 0.336 e. The first-order valence-electron chi connectivity index (χ1n) is 7.98. The van der Waals surface area contributed by atoms with Crippen LogP contribution in [-0.2, 0) is 7.05 Å². The van der Waals surface area contributed by atoms with Crippen LogP contribution in [0.25, 0.3) is 22.4 Å². The van der Waals surface area contributed by atoms with E-state index in [1.165, 1.54) is 6.07 Å². The molecule has 4 aromatic rings. The highest BCUT2D eigenvalue weighted by molar-refractivity contribution is 6.33. The summed E-state index contributed by atoms with van der Waals surface area (Å²) in [5.41, 5.74) is 3.20. The molecule has 4 rings (SSSR count). The molecule has 2 N–H and O–H groups in total. The third kappa shape index (κ3) is 3.22. The van der Waals surface area contributed by atoms with Crippen molar-refractivity contribution in [2.45, 2.75) is 6.92 Å². The van der Waals surface area contributed by atoms with Gasteiger partial charge in [-0.25, -0.2) is 9.78 Å². The number of carboxylic acid groups (broad SMARTS) is 1. The average Bonchev–Trinajstić information content (AvgIpc) is 3.20. The molecule has 0 aliphatic carbocycles. The van der Waals surface area contributed by atoms with Gasteiger partial charge in [0, 0.05) is 18.8 Å². The number of rotatable bonds is 4. The number of ether oxygens (including phenoxy) is 1. The van der Waals surface area contributed by atoms with Crippen molar-refractivity contribution in [2.24, 2.45) is 7.05 Å². The number of carboxylic acids is 1. The summed E-state index contributed by atoms with van der Waals surface area (Å²) in [7, 11) is 1.81. The third-order valence-electron chi connectivity index (χ3n) is 4.04. The number of hydrogen-bond acceptors (Lipinski definition) is 5. The maximum absolute atomic E-state index is 11.3. The molecule has 136 valence electrons. The Morgan fingerprint density at radius 2 is 2.11 bits per heavy atom. The monoisotopic (exact) mass is 383 g/mol. The summed E-state index contributed by atoms with van der Waals surface area (Å²) in [6, 6.07) is 6.71. The summed E-state index contributed by atoms with van der Waals surface area (Å²) in [4.78, 5) is 23.0. The molecule has 0 radical (unpaired) electrons. The molecule has 9 heteroatoms. The van der Waals surface area contributed by atoms with Gasteiger partial charge in [0.2, 0.25) is 0 Å². The number of aromatic carboxylic acids is 1. The quantitative estimate of drug-likeness (QED) is 0.555. The molecule has 0 unspecified atom stereocenters. The van der Waals surface area contributed by atoms with Gasteiger partial charge < -0.3 is 14.8 Å². The van der Waals surface area contributed by atoms with Crippen LogP contribution in [0.5, 0.6) is 11.8 Å². The lowest BCUT2D eigenvalue weighted by molar-refractivity contribution is 0.0695. The molecule has 0 aliphatic heterocycles. The van der Waals surface area contributed by atoms with Gasteiger partial charge in [-0.15, -0.1) is 0 Å². The SMILES string of the molecule is Cc1ccc(Oc2nc3nc(-c4cnn(C)c4)c(Cl)cc3[nH]2)cc1C(=O)O. The lowest BCUT2D eigenvalue weighted by Crippen LogP contribution is -2.00. The highest BCUT2D eigenvalue weighted by Gasteiger charge is 2.14. The molecule has 0 atom stereocenters. The zero-order chi connectivity index (χ0) is 19.1. The van der Waals surface area contributed by atoms with Crippen molar-refractivity contribution in [3.63, 3.8) is 0 Å². The molecule has 3 heterocycles. The predicted molar refractivity (Wildman–Crippen MR) is 99.3 cm³/mol. The van der Waals surface area contributed by atoms with E-state index in [1.807, 2.05) is 13.2 Å². The third-order valence-corrected chi connectivity index (χ3v) is 4.33. The van der Waals surface area contributed by atoms with E-state index in [1.54, 1.807) is 36.0 Å². The number of halogens is 1. The van der Waals surface area contributed by atoms with E-state index in [0.29, 0.717) is 33.2 Å². The van der Waals surface area contributed by atoms with Crippen LogP contribution in [0.3, 0.4) is 0 Å². The molecule has 0 aliphatic rings. The van der Waals surface area contributed by atoms with Crippen molar-refractivity contribution in [3.8, 4) is 23.0 Å². The van der Waals surface area contributed by atoms with E-state index in [9.17, 15) is 9.90 Å². The number of benzene rings is 1. The van der Waals surface area contributed by atoms with Crippen molar-refractivity contribution >= 4 is 28.7 Å². The first-order chi connectivity index (χ1) is 12.9. The van der Waals surface area contributed by atoms with E-state index < -0.39 is 5.97 Å². The number of nitrogens with zero attached hydrogens (tertiary/aromatic N) is 4. The van der Waals surface area contributed by atoms with Gasteiger partial charge >= 0.3 is 12.0 Å². The Balaban J connectivity index is 1.70. The van der Waals surface area contributed by atoms with Crippen LogP contribution in [0, 0.1) is 6.92 Å². The van der Waals surface area contributed by atoms with Crippen molar-refractivity contribution in [1.29, 1.82) is 0 Å². The van der Waals surface area contributed by atoms with Crippen molar-refractivity contribution < 1.29 is 14.6 Å². The summed E-state index contributed by atoms with van der Waals surface area (Å²) < 4.78 is 7.33. The van der Waals surface area contributed by atoms with E-state index >= 15 is 0 Å². The summed E-state index contributed by atoms with van der Waals surface area (Å²) in [5.74, 6) is -0.659. The fraction of sp³-hybridized carbons (Fsp3) is 0.111. The molecule has 0 saturated carbocycles. The minimum absolute atomic E-state index is 0.170. The molecule has 0 saturated heterocycles. The topological polar surface area (TPSA) is 106 Å². The fourth-order valence-electron chi connectivity index (χ4n) is 2.70. The Hall–Kier alpha value is -3.39. The molecule has 0 fully saturated rings. The van der Waals surface area contributed by atoms with E-state index in [-0.39, 0.29) is 11.6 Å². The predicted octanol–water partition coefficient (Wildman–Crippen LogP) is 3.81. The van der Waals surface area contributed by atoms with E-state index in [2.05, 4.69) is 20.1 Å². The molecule has 0 bridgehead atoms. The van der Waals surface area contributed by atoms with E-state index in [4.69, 9.17) is 16.3 Å². The average molecular weight is 384 g/mol. The van der Waals surface area contributed by atoms with Crippen molar-refractivity contribution in [1.82, 2.24) is 24.7 Å². The Bertz CT molecular complexity index is 1180. The van der Waals surface area contributed by atoms with Gasteiger partial charge in [0.1, 0.15) is 5.75 Å². The lowest BCUT2D eigenvalue weighted by atomic mass is 10.1. The number of H-pyrrole nitrogens is 1. The zero-order valence-corrected chi connectivity index (χ0v) is 15.2.